The number of rotatable bonds is 6. The number of amides is 3. The van der Waals surface area contributed by atoms with Gasteiger partial charge in [-0.25, -0.2) is 9.18 Å². The van der Waals surface area contributed by atoms with Crippen LogP contribution in [0.25, 0.3) is 0 Å². The fourth-order valence-corrected chi connectivity index (χ4v) is 4.11. The molecule has 0 bridgehead atoms. The molecule has 4 rings (SSSR count). The van der Waals surface area contributed by atoms with Crippen molar-refractivity contribution in [3.8, 4) is 11.8 Å². The zero-order chi connectivity index (χ0) is 24.9. The summed E-state index contributed by atoms with van der Waals surface area (Å²) >= 11 is 0. The van der Waals surface area contributed by atoms with E-state index in [-0.39, 0.29) is 36.8 Å². The van der Waals surface area contributed by atoms with E-state index < -0.39 is 18.0 Å². The van der Waals surface area contributed by atoms with Crippen molar-refractivity contribution in [2.75, 3.05) is 31.1 Å². The van der Waals surface area contributed by atoms with E-state index >= 15 is 0 Å². The number of carbonyl (C=O) groups excluding carboxylic acids is 3. The fourth-order valence-electron chi connectivity index (χ4n) is 4.11. The standard InChI is InChI=1S/C25H25FN4O5/c1-16(31)28-14-21-15-30(25(33)35-21)19-5-6-23(22(26)12-19)34-20-7-9-29(10-8-20)24(32)18-4-2-3-17(11-18)13-27/h2-6,11-12,20-21H,7-10,14-15H2,1H3,(H,28,31)/t21-/m0/s1. The summed E-state index contributed by atoms with van der Waals surface area (Å²) in [5.41, 5.74) is 1.23. The maximum atomic E-state index is 14.8. The number of nitrogens with one attached hydrogen (secondary N) is 1. The van der Waals surface area contributed by atoms with E-state index in [1.165, 1.54) is 24.0 Å². The number of benzene rings is 2. The molecule has 2 saturated heterocycles. The van der Waals surface area contributed by atoms with Crippen LogP contribution in [0.5, 0.6) is 5.75 Å². The third-order valence-electron chi connectivity index (χ3n) is 5.94. The number of nitriles is 1. The van der Waals surface area contributed by atoms with Crippen LogP contribution in [0.1, 0.15) is 35.7 Å². The van der Waals surface area contributed by atoms with Crippen LogP contribution in [-0.4, -0.2) is 61.2 Å². The summed E-state index contributed by atoms with van der Waals surface area (Å²) < 4.78 is 25.8. The Kier molecular flexibility index (Phi) is 7.15. The highest BCUT2D eigenvalue weighted by molar-refractivity contribution is 5.94. The van der Waals surface area contributed by atoms with Crippen LogP contribution in [-0.2, 0) is 9.53 Å². The first-order valence-electron chi connectivity index (χ1n) is 11.3. The predicted molar refractivity (Wildman–Crippen MR) is 123 cm³/mol. The van der Waals surface area contributed by atoms with E-state index in [4.69, 9.17) is 14.7 Å². The van der Waals surface area contributed by atoms with E-state index in [2.05, 4.69) is 5.32 Å². The molecule has 1 atom stereocenters. The first-order chi connectivity index (χ1) is 16.8. The normalized spacial score (nSPS) is 18.1. The first kappa shape index (κ1) is 24.0. The van der Waals surface area contributed by atoms with Gasteiger partial charge >= 0.3 is 6.09 Å². The number of carbonyl (C=O) groups is 3. The van der Waals surface area contributed by atoms with Gasteiger partial charge in [-0.3, -0.25) is 14.5 Å². The van der Waals surface area contributed by atoms with Gasteiger partial charge in [-0.1, -0.05) is 6.07 Å². The highest BCUT2D eigenvalue weighted by atomic mass is 19.1. The van der Waals surface area contributed by atoms with Gasteiger partial charge in [0.05, 0.1) is 30.4 Å². The van der Waals surface area contributed by atoms with Crippen molar-refractivity contribution in [2.24, 2.45) is 0 Å². The second-order valence-electron chi connectivity index (χ2n) is 8.47. The van der Waals surface area contributed by atoms with E-state index in [0.717, 1.165) is 0 Å². The Morgan fingerprint density at radius 3 is 2.69 bits per heavy atom. The Bertz CT molecular complexity index is 1170. The first-order valence-corrected chi connectivity index (χ1v) is 11.3. The van der Waals surface area contributed by atoms with Gasteiger partial charge in [-0.05, 0) is 30.3 Å². The van der Waals surface area contributed by atoms with E-state index in [0.29, 0.717) is 42.7 Å². The molecule has 2 aliphatic heterocycles. The topological polar surface area (TPSA) is 112 Å². The van der Waals surface area contributed by atoms with Gasteiger partial charge in [0.15, 0.2) is 11.6 Å². The second-order valence-corrected chi connectivity index (χ2v) is 8.47. The molecule has 0 unspecified atom stereocenters. The second kappa shape index (κ2) is 10.4. The van der Waals surface area contributed by atoms with Crippen LogP contribution in [0.2, 0.25) is 0 Å². The third kappa shape index (κ3) is 5.69. The van der Waals surface area contributed by atoms with Crippen molar-refractivity contribution < 1.29 is 28.2 Å². The van der Waals surface area contributed by atoms with Gasteiger partial charge in [0.1, 0.15) is 12.2 Å². The van der Waals surface area contributed by atoms with Gasteiger partial charge in [0.2, 0.25) is 5.91 Å². The van der Waals surface area contributed by atoms with Crippen molar-refractivity contribution in [2.45, 2.75) is 32.0 Å². The summed E-state index contributed by atoms with van der Waals surface area (Å²) in [6.45, 7) is 2.66. The van der Waals surface area contributed by atoms with Crippen LogP contribution in [0.3, 0.4) is 0 Å². The molecule has 0 saturated carbocycles. The predicted octanol–water partition coefficient (Wildman–Crippen LogP) is 2.84. The van der Waals surface area contributed by atoms with Crippen molar-refractivity contribution in [3.05, 3.63) is 59.4 Å². The molecule has 0 radical (unpaired) electrons. The molecule has 10 heteroatoms. The molecule has 3 amide bonds. The molecule has 0 aromatic heterocycles. The van der Waals surface area contributed by atoms with Crippen LogP contribution in [0.15, 0.2) is 42.5 Å². The Morgan fingerprint density at radius 1 is 1.23 bits per heavy atom. The van der Waals surface area contributed by atoms with Gasteiger partial charge in [-0.15, -0.1) is 0 Å². The number of ether oxygens (including phenoxy) is 2. The average Bonchev–Trinajstić information content (AvgIpc) is 3.24. The summed E-state index contributed by atoms with van der Waals surface area (Å²) in [5, 5.41) is 11.6. The molecule has 9 nitrogen and oxygen atoms in total. The molecule has 0 spiro atoms. The fraction of sp³-hybridized carbons (Fsp3) is 0.360. The number of likely N-dealkylation sites (tertiary alicyclic amines) is 1. The molecule has 0 aliphatic carbocycles. The summed E-state index contributed by atoms with van der Waals surface area (Å²) in [6.07, 6.45) is -0.308. The van der Waals surface area contributed by atoms with Crippen LogP contribution < -0.4 is 15.0 Å². The number of hydrogen-bond acceptors (Lipinski definition) is 6. The van der Waals surface area contributed by atoms with Crippen molar-refractivity contribution in [3.63, 3.8) is 0 Å². The van der Waals surface area contributed by atoms with E-state index in [9.17, 15) is 18.8 Å². The molecule has 35 heavy (non-hydrogen) atoms. The summed E-state index contributed by atoms with van der Waals surface area (Å²) in [6, 6.07) is 12.9. The van der Waals surface area contributed by atoms with Crippen LogP contribution >= 0.6 is 0 Å². The molecule has 2 aliphatic rings. The minimum atomic E-state index is -0.606. The number of hydrogen-bond donors (Lipinski definition) is 1. The van der Waals surface area contributed by atoms with Crippen LogP contribution in [0.4, 0.5) is 14.9 Å². The minimum Gasteiger partial charge on any atom is -0.487 e. The molecule has 2 aromatic carbocycles. The average molecular weight is 480 g/mol. The lowest BCUT2D eigenvalue weighted by Crippen LogP contribution is -2.41. The molecular formula is C25H25FN4O5. The Balaban J connectivity index is 1.32. The van der Waals surface area contributed by atoms with Crippen molar-refractivity contribution >= 4 is 23.6 Å². The number of cyclic esters (lactones) is 1. The highest BCUT2D eigenvalue weighted by Gasteiger charge is 2.33. The number of piperidine rings is 1. The Morgan fingerprint density at radius 2 is 2.00 bits per heavy atom. The summed E-state index contributed by atoms with van der Waals surface area (Å²) in [5.74, 6) is -0.907. The third-order valence-corrected chi connectivity index (χ3v) is 5.94. The lowest BCUT2D eigenvalue weighted by molar-refractivity contribution is -0.119. The summed E-state index contributed by atoms with van der Waals surface area (Å²) in [4.78, 5) is 39.0. The molecule has 182 valence electrons. The van der Waals surface area contributed by atoms with Gasteiger partial charge < -0.3 is 19.7 Å². The number of anilines is 1. The molecule has 2 aromatic rings. The van der Waals surface area contributed by atoms with Gasteiger partial charge in [0.25, 0.3) is 5.91 Å². The maximum absolute atomic E-state index is 14.8. The smallest absolute Gasteiger partial charge is 0.414 e. The SMILES string of the molecule is CC(=O)NC[C@H]1CN(c2ccc(OC3CCN(C(=O)c4cccc(C#N)c4)CC3)c(F)c2)C(=O)O1. The summed E-state index contributed by atoms with van der Waals surface area (Å²) in [7, 11) is 0. The monoisotopic (exact) mass is 480 g/mol. The minimum absolute atomic E-state index is 0.0719. The largest absolute Gasteiger partial charge is 0.487 e. The number of nitrogens with zero attached hydrogens (tertiary/aromatic N) is 3. The van der Waals surface area contributed by atoms with E-state index in [1.54, 1.807) is 35.2 Å². The highest BCUT2D eigenvalue weighted by Crippen LogP contribution is 2.29. The van der Waals surface area contributed by atoms with Gasteiger partial charge in [-0.2, -0.15) is 5.26 Å². The zero-order valence-corrected chi connectivity index (χ0v) is 19.2. The number of halogens is 1. The lowest BCUT2D eigenvalue weighted by Gasteiger charge is -2.32. The van der Waals surface area contributed by atoms with Crippen molar-refractivity contribution in [1.29, 1.82) is 5.26 Å². The molecule has 1 N–H and O–H groups in total. The van der Waals surface area contributed by atoms with Gasteiger partial charge in [0, 0.05) is 44.5 Å². The molecule has 2 fully saturated rings. The van der Waals surface area contributed by atoms with Crippen LogP contribution in [0, 0.1) is 17.1 Å². The Hall–Kier alpha value is -4.13. The van der Waals surface area contributed by atoms with Crippen molar-refractivity contribution in [1.82, 2.24) is 10.2 Å². The van der Waals surface area contributed by atoms with E-state index in [1.807, 2.05) is 6.07 Å². The Labute approximate surface area is 202 Å². The lowest BCUT2D eigenvalue weighted by atomic mass is 10.1. The zero-order valence-electron chi connectivity index (χ0n) is 19.2. The maximum Gasteiger partial charge on any atom is 0.414 e. The quantitative estimate of drug-likeness (QED) is 0.681. The molecule has 2 heterocycles. The molecular weight excluding hydrogens is 455 g/mol.